The third kappa shape index (κ3) is 3.53. The SMILES string of the molecule is CCN1CCc2nc3ccccc3c(C(=O)Nc3cc(C#N)ccc3NC)c2C1. The van der Waals surface area contributed by atoms with Crippen LogP contribution in [0.15, 0.2) is 42.5 Å². The number of para-hydroxylation sites is 1. The van der Waals surface area contributed by atoms with Gasteiger partial charge in [0.2, 0.25) is 0 Å². The summed E-state index contributed by atoms with van der Waals surface area (Å²) in [6.07, 6.45) is 0.833. The van der Waals surface area contributed by atoms with E-state index in [0.717, 1.165) is 47.4 Å². The maximum atomic E-state index is 13.5. The fourth-order valence-corrected chi connectivity index (χ4v) is 3.90. The summed E-state index contributed by atoms with van der Waals surface area (Å²) in [5.41, 5.74) is 5.36. The van der Waals surface area contributed by atoms with Crippen molar-refractivity contribution in [2.75, 3.05) is 30.8 Å². The lowest BCUT2D eigenvalue weighted by Gasteiger charge is -2.29. The van der Waals surface area contributed by atoms with Crippen LogP contribution in [0.1, 0.15) is 34.1 Å². The molecule has 1 amide bonds. The van der Waals surface area contributed by atoms with Gasteiger partial charge in [-0.3, -0.25) is 14.7 Å². The second-order valence-electron chi connectivity index (χ2n) is 7.12. The molecule has 6 nitrogen and oxygen atoms in total. The first-order valence-corrected chi connectivity index (χ1v) is 9.80. The molecule has 3 aromatic rings. The molecule has 1 aromatic heterocycles. The van der Waals surface area contributed by atoms with Gasteiger partial charge in [-0.1, -0.05) is 25.1 Å². The van der Waals surface area contributed by atoms with Crippen LogP contribution in [0.25, 0.3) is 10.9 Å². The summed E-state index contributed by atoms with van der Waals surface area (Å²) in [4.78, 5) is 20.7. The quantitative estimate of drug-likeness (QED) is 0.714. The Hall–Kier alpha value is -3.43. The summed E-state index contributed by atoms with van der Waals surface area (Å²) in [7, 11) is 1.79. The number of likely N-dealkylation sites (N-methyl/N-ethyl adjacent to an activating group) is 1. The molecule has 0 saturated carbocycles. The van der Waals surface area contributed by atoms with Crippen molar-refractivity contribution < 1.29 is 4.79 Å². The fraction of sp³-hybridized carbons (Fsp3) is 0.261. The summed E-state index contributed by atoms with van der Waals surface area (Å²) < 4.78 is 0. The number of carbonyl (C=O) groups is 1. The largest absolute Gasteiger partial charge is 0.386 e. The number of hydrogen-bond acceptors (Lipinski definition) is 5. The molecule has 2 N–H and O–H groups in total. The van der Waals surface area contributed by atoms with Crippen molar-refractivity contribution >= 4 is 28.2 Å². The van der Waals surface area contributed by atoms with Crippen molar-refractivity contribution in [1.82, 2.24) is 9.88 Å². The zero-order chi connectivity index (χ0) is 20.4. The summed E-state index contributed by atoms with van der Waals surface area (Å²) in [5.74, 6) is -0.176. The second-order valence-corrected chi connectivity index (χ2v) is 7.12. The number of nitriles is 1. The summed E-state index contributed by atoms with van der Waals surface area (Å²) in [6, 6.07) is 15.1. The molecule has 0 aliphatic carbocycles. The molecule has 29 heavy (non-hydrogen) atoms. The molecule has 0 unspecified atom stereocenters. The van der Waals surface area contributed by atoms with Gasteiger partial charge in [-0.25, -0.2) is 0 Å². The third-order valence-corrected chi connectivity index (χ3v) is 5.47. The fourth-order valence-electron chi connectivity index (χ4n) is 3.90. The van der Waals surface area contributed by atoms with Crippen molar-refractivity contribution in [3.05, 3.63) is 64.8 Å². The molecule has 6 heteroatoms. The highest BCUT2D eigenvalue weighted by Gasteiger charge is 2.25. The molecule has 0 saturated heterocycles. The first-order valence-electron chi connectivity index (χ1n) is 9.80. The van der Waals surface area contributed by atoms with Gasteiger partial charge in [0.25, 0.3) is 5.91 Å². The Morgan fingerprint density at radius 1 is 1.24 bits per heavy atom. The molecular weight excluding hydrogens is 362 g/mol. The average Bonchev–Trinajstić information content (AvgIpc) is 2.76. The number of benzene rings is 2. The zero-order valence-electron chi connectivity index (χ0n) is 16.6. The van der Waals surface area contributed by atoms with Crippen LogP contribution in [0.5, 0.6) is 0 Å². The minimum atomic E-state index is -0.176. The predicted octanol–water partition coefficient (Wildman–Crippen LogP) is 3.78. The van der Waals surface area contributed by atoms with Gasteiger partial charge in [0.1, 0.15) is 0 Å². The van der Waals surface area contributed by atoms with Crippen molar-refractivity contribution in [2.24, 2.45) is 0 Å². The molecule has 0 fully saturated rings. The van der Waals surface area contributed by atoms with E-state index in [2.05, 4.69) is 28.5 Å². The minimum absolute atomic E-state index is 0.176. The van der Waals surface area contributed by atoms with Crippen LogP contribution in [0, 0.1) is 11.3 Å². The molecular formula is C23H23N5O. The maximum Gasteiger partial charge on any atom is 0.256 e. The number of amides is 1. The van der Waals surface area contributed by atoms with Crippen molar-refractivity contribution in [3.8, 4) is 6.07 Å². The summed E-state index contributed by atoms with van der Waals surface area (Å²) in [5, 5.41) is 16.2. The van der Waals surface area contributed by atoms with E-state index in [0.29, 0.717) is 23.4 Å². The van der Waals surface area contributed by atoms with E-state index >= 15 is 0 Å². The number of aromatic nitrogens is 1. The lowest BCUT2D eigenvalue weighted by molar-refractivity contribution is 0.102. The van der Waals surface area contributed by atoms with Crippen LogP contribution in [0.4, 0.5) is 11.4 Å². The van der Waals surface area contributed by atoms with Gasteiger partial charge in [-0.05, 0) is 30.8 Å². The molecule has 146 valence electrons. The number of rotatable bonds is 4. The van der Waals surface area contributed by atoms with E-state index in [1.54, 1.807) is 25.2 Å². The maximum absolute atomic E-state index is 13.5. The highest BCUT2D eigenvalue weighted by Crippen LogP contribution is 2.30. The van der Waals surface area contributed by atoms with Gasteiger partial charge >= 0.3 is 0 Å². The average molecular weight is 385 g/mol. The molecule has 4 rings (SSSR count). The molecule has 2 heterocycles. The number of fused-ring (bicyclic) bond motifs is 2. The monoisotopic (exact) mass is 385 g/mol. The van der Waals surface area contributed by atoms with E-state index in [1.165, 1.54) is 0 Å². The van der Waals surface area contributed by atoms with E-state index < -0.39 is 0 Å². The highest BCUT2D eigenvalue weighted by atomic mass is 16.1. The lowest BCUT2D eigenvalue weighted by Crippen LogP contribution is -2.33. The van der Waals surface area contributed by atoms with Crippen LogP contribution in [-0.4, -0.2) is 35.9 Å². The highest BCUT2D eigenvalue weighted by molar-refractivity contribution is 6.14. The Labute approximate surface area is 170 Å². The van der Waals surface area contributed by atoms with Crippen molar-refractivity contribution in [3.63, 3.8) is 0 Å². The van der Waals surface area contributed by atoms with E-state index in [-0.39, 0.29) is 5.91 Å². The van der Waals surface area contributed by atoms with E-state index in [1.807, 2.05) is 24.3 Å². The standard InChI is InChI=1S/C23H23N5O/c1-3-28-11-10-19-17(14-28)22(16-6-4-5-7-18(16)26-19)23(29)27-21-12-15(13-24)8-9-20(21)25-2/h4-9,12,25H,3,10-11,14H2,1-2H3,(H,27,29). The van der Waals surface area contributed by atoms with Gasteiger partial charge in [-0.15, -0.1) is 0 Å². The van der Waals surface area contributed by atoms with E-state index in [9.17, 15) is 10.1 Å². The number of nitrogens with one attached hydrogen (secondary N) is 2. The van der Waals surface area contributed by atoms with Gasteiger partial charge in [0.05, 0.1) is 34.1 Å². The van der Waals surface area contributed by atoms with Crippen LogP contribution < -0.4 is 10.6 Å². The predicted molar refractivity (Wildman–Crippen MR) is 115 cm³/mol. The van der Waals surface area contributed by atoms with E-state index in [4.69, 9.17) is 4.98 Å². The normalized spacial score (nSPS) is 13.6. The Bertz CT molecular complexity index is 1130. The number of carbonyl (C=O) groups excluding carboxylic acids is 1. The summed E-state index contributed by atoms with van der Waals surface area (Å²) in [6.45, 7) is 4.72. The zero-order valence-corrected chi connectivity index (χ0v) is 16.6. The molecule has 0 radical (unpaired) electrons. The first kappa shape index (κ1) is 18.9. The van der Waals surface area contributed by atoms with Crippen molar-refractivity contribution in [2.45, 2.75) is 19.9 Å². The van der Waals surface area contributed by atoms with Gasteiger partial charge in [-0.2, -0.15) is 5.26 Å². The number of pyridine rings is 1. The van der Waals surface area contributed by atoms with Crippen LogP contribution in [0.3, 0.4) is 0 Å². The molecule has 1 aliphatic heterocycles. The van der Waals surface area contributed by atoms with Crippen LogP contribution >= 0.6 is 0 Å². The van der Waals surface area contributed by atoms with Crippen LogP contribution in [-0.2, 0) is 13.0 Å². The number of anilines is 2. The Balaban J connectivity index is 1.83. The topological polar surface area (TPSA) is 81.1 Å². The van der Waals surface area contributed by atoms with Gasteiger partial charge < -0.3 is 10.6 Å². The van der Waals surface area contributed by atoms with Gasteiger partial charge in [0, 0.05) is 43.2 Å². The Kier molecular flexibility index (Phi) is 5.15. The molecule has 0 bridgehead atoms. The smallest absolute Gasteiger partial charge is 0.256 e. The molecule has 0 spiro atoms. The third-order valence-electron chi connectivity index (χ3n) is 5.47. The first-order chi connectivity index (χ1) is 14.1. The molecule has 2 aromatic carbocycles. The van der Waals surface area contributed by atoms with Crippen molar-refractivity contribution in [1.29, 1.82) is 5.26 Å². The number of nitrogens with zero attached hydrogens (tertiary/aromatic N) is 3. The lowest BCUT2D eigenvalue weighted by atomic mass is 9.95. The Morgan fingerprint density at radius 3 is 2.83 bits per heavy atom. The molecule has 1 aliphatic rings. The van der Waals surface area contributed by atoms with Gasteiger partial charge in [0.15, 0.2) is 0 Å². The van der Waals surface area contributed by atoms with Crippen LogP contribution in [0.2, 0.25) is 0 Å². The Morgan fingerprint density at radius 2 is 2.07 bits per heavy atom. The summed E-state index contributed by atoms with van der Waals surface area (Å²) >= 11 is 0. The minimum Gasteiger partial charge on any atom is -0.386 e. The second kappa shape index (κ2) is 7.90. The number of hydrogen-bond donors (Lipinski definition) is 2. The molecule has 0 atom stereocenters.